The van der Waals surface area contributed by atoms with Crippen molar-refractivity contribution in [2.75, 3.05) is 42.9 Å². The van der Waals surface area contributed by atoms with Gasteiger partial charge < -0.3 is 15.1 Å². The van der Waals surface area contributed by atoms with Crippen LogP contribution in [0.1, 0.15) is 11.3 Å². The molecular formula is C24H26N8O. The summed E-state index contributed by atoms with van der Waals surface area (Å²) in [5, 5.41) is 7.81. The first-order valence-electron chi connectivity index (χ1n) is 11.0. The molecule has 1 saturated heterocycles. The van der Waals surface area contributed by atoms with Gasteiger partial charge in [0.05, 0.1) is 6.54 Å². The fourth-order valence-corrected chi connectivity index (χ4v) is 4.05. The van der Waals surface area contributed by atoms with Crippen molar-refractivity contribution in [3.05, 3.63) is 66.1 Å². The Morgan fingerprint density at radius 1 is 1.03 bits per heavy atom. The molecule has 1 aliphatic heterocycles. The molecule has 0 unspecified atom stereocenters. The quantitative estimate of drug-likeness (QED) is 0.508. The van der Waals surface area contributed by atoms with Crippen LogP contribution in [0.4, 0.5) is 11.5 Å². The van der Waals surface area contributed by atoms with E-state index in [1.165, 1.54) is 11.3 Å². The lowest BCUT2D eigenvalue weighted by Crippen LogP contribution is -2.50. The van der Waals surface area contributed by atoms with Crippen LogP contribution in [0.3, 0.4) is 0 Å². The number of carbonyl (C=O) groups excluding carboxylic acids is 1. The highest BCUT2D eigenvalue weighted by atomic mass is 16.2. The maximum atomic E-state index is 12.9. The molecule has 0 atom stereocenters. The SMILES string of the molecule is Cc1cccc(N2CCN(C(=O)CNc3cc(C)nc4nc(-c5cccnc5)nn34)CC2)c1. The summed E-state index contributed by atoms with van der Waals surface area (Å²) in [5.41, 5.74) is 4.07. The third-order valence-electron chi connectivity index (χ3n) is 5.78. The minimum Gasteiger partial charge on any atom is -0.368 e. The van der Waals surface area contributed by atoms with Crippen molar-refractivity contribution in [3.8, 4) is 11.4 Å². The van der Waals surface area contributed by atoms with E-state index in [2.05, 4.69) is 61.5 Å². The van der Waals surface area contributed by atoms with Crippen LogP contribution in [0.2, 0.25) is 0 Å². The van der Waals surface area contributed by atoms with Gasteiger partial charge in [-0.2, -0.15) is 9.50 Å². The number of carbonyl (C=O) groups is 1. The standard InChI is InChI=1S/C24H26N8O/c1-17-5-3-7-20(13-17)30-9-11-31(12-10-30)22(33)16-26-21-14-18(2)27-24-28-23(29-32(21)24)19-6-4-8-25-15-19/h3-8,13-15,26H,9-12,16H2,1-2H3. The Morgan fingerprint density at radius 2 is 1.88 bits per heavy atom. The zero-order valence-corrected chi connectivity index (χ0v) is 18.8. The van der Waals surface area contributed by atoms with E-state index in [1.807, 2.05) is 30.0 Å². The second kappa shape index (κ2) is 8.85. The first-order valence-corrected chi connectivity index (χ1v) is 11.0. The van der Waals surface area contributed by atoms with Gasteiger partial charge in [0.2, 0.25) is 5.91 Å². The van der Waals surface area contributed by atoms with E-state index in [1.54, 1.807) is 16.9 Å². The molecule has 0 aliphatic carbocycles. The number of aryl methyl sites for hydroxylation is 2. The van der Waals surface area contributed by atoms with Crippen LogP contribution in [-0.4, -0.2) is 68.1 Å². The van der Waals surface area contributed by atoms with Gasteiger partial charge in [0.1, 0.15) is 5.82 Å². The number of anilines is 2. The van der Waals surface area contributed by atoms with Gasteiger partial charge in [-0.1, -0.05) is 12.1 Å². The lowest BCUT2D eigenvalue weighted by molar-refractivity contribution is -0.129. The third kappa shape index (κ3) is 4.48. The number of hydrogen-bond acceptors (Lipinski definition) is 7. The van der Waals surface area contributed by atoms with Crippen molar-refractivity contribution < 1.29 is 4.79 Å². The lowest BCUT2D eigenvalue weighted by atomic mass is 10.2. The number of nitrogens with one attached hydrogen (secondary N) is 1. The number of benzene rings is 1. The van der Waals surface area contributed by atoms with E-state index in [0.717, 1.165) is 24.3 Å². The summed E-state index contributed by atoms with van der Waals surface area (Å²) in [6, 6.07) is 14.1. The summed E-state index contributed by atoms with van der Waals surface area (Å²) in [5.74, 6) is 1.78. The molecule has 4 aromatic rings. The first-order chi connectivity index (χ1) is 16.1. The zero-order valence-electron chi connectivity index (χ0n) is 18.8. The van der Waals surface area contributed by atoms with Crippen LogP contribution < -0.4 is 10.2 Å². The average molecular weight is 443 g/mol. The molecule has 9 nitrogen and oxygen atoms in total. The molecule has 0 radical (unpaired) electrons. The molecule has 168 valence electrons. The van der Waals surface area contributed by atoms with Crippen LogP contribution in [0, 0.1) is 13.8 Å². The van der Waals surface area contributed by atoms with Crippen molar-refractivity contribution in [3.63, 3.8) is 0 Å². The van der Waals surface area contributed by atoms with Crippen LogP contribution in [0.25, 0.3) is 17.2 Å². The molecule has 1 aromatic carbocycles. The van der Waals surface area contributed by atoms with Gasteiger partial charge in [0.15, 0.2) is 5.82 Å². The van der Waals surface area contributed by atoms with Crippen molar-refractivity contribution in [1.29, 1.82) is 0 Å². The Balaban J connectivity index is 1.25. The highest BCUT2D eigenvalue weighted by Gasteiger charge is 2.21. The normalized spacial score (nSPS) is 14.0. The second-order valence-electron chi connectivity index (χ2n) is 8.23. The van der Waals surface area contributed by atoms with Crippen LogP contribution in [-0.2, 0) is 4.79 Å². The van der Waals surface area contributed by atoms with Crippen LogP contribution in [0.5, 0.6) is 0 Å². The molecule has 1 N–H and O–H groups in total. The second-order valence-corrected chi connectivity index (χ2v) is 8.23. The summed E-state index contributed by atoms with van der Waals surface area (Å²) >= 11 is 0. The largest absolute Gasteiger partial charge is 0.368 e. The first kappa shape index (κ1) is 20.9. The Morgan fingerprint density at radius 3 is 2.64 bits per heavy atom. The Labute approximate surface area is 192 Å². The van der Waals surface area contributed by atoms with Gasteiger partial charge in [0.25, 0.3) is 5.78 Å². The van der Waals surface area contributed by atoms with Crippen molar-refractivity contribution in [2.24, 2.45) is 0 Å². The number of nitrogens with zero attached hydrogens (tertiary/aromatic N) is 7. The molecule has 0 bridgehead atoms. The van der Waals surface area contributed by atoms with E-state index in [0.29, 0.717) is 30.5 Å². The number of rotatable bonds is 5. The summed E-state index contributed by atoms with van der Waals surface area (Å²) in [6.07, 6.45) is 3.43. The smallest absolute Gasteiger partial charge is 0.254 e. The van der Waals surface area contributed by atoms with Crippen molar-refractivity contribution in [1.82, 2.24) is 29.5 Å². The van der Waals surface area contributed by atoms with Gasteiger partial charge >= 0.3 is 0 Å². The van der Waals surface area contributed by atoms with Gasteiger partial charge in [-0.25, -0.2) is 4.98 Å². The van der Waals surface area contributed by atoms with E-state index < -0.39 is 0 Å². The highest BCUT2D eigenvalue weighted by molar-refractivity contribution is 5.81. The van der Waals surface area contributed by atoms with E-state index in [-0.39, 0.29) is 12.5 Å². The molecule has 0 spiro atoms. The monoisotopic (exact) mass is 442 g/mol. The number of piperazine rings is 1. The van der Waals surface area contributed by atoms with E-state index in [4.69, 9.17) is 0 Å². The summed E-state index contributed by atoms with van der Waals surface area (Å²) in [7, 11) is 0. The minimum atomic E-state index is 0.0640. The fraction of sp³-hybridized carbons (Fsp3) is 0.292. The molecule has 1 aliphatic rings. The van der Waals surface area contributed by atoms with Gasteiger partial charge in [-0.05, 0) is 43.7 Å². The lowest BCUT2D eigenvalue weighted by Gasteiger charge is -2.36. The van der Waals surface area contributed by atoms with Crippen LogP contribution >= 0.6 is 0 Å². The predicted molar refractivity (Wildman–Crippen MR) is 127 cm³/mol. The predicted octanol–water partition coefficient (Wildman–Crippen LogP) is 2.56. The Bertz CT molecular complexity index is 1280. The van der Waals surface area contributed by atoms with Gasteiger partial charge in [0, 0.05) is 61.6 Å². The Kier molecular flexibility index (Phi) is 5.60. The summed E-state index contributed by atoms with van der Waals surface area (Å²) in [6.45, 7) is 7.24. The molecule has 0 saturated carbocycles. The number of fused-ring (bicyclic) bond motifs is 1. The van der Waals surface area contributed by atoms with E-state index >= 15 is 0 Å². The molecule has 1 amide bonds. The Hall–Kier alpha value is -4.01. The third-order valence-corrected chi connectivity index (χ3v) is 5.78. The number of pyridine rings is 1. The summed E-state index contributed by atoms with van der Waals surface area (Å²) in [4.78, 5) is 30.3. The molecule has 1 fully saturated rings. The molecule has 33 heavy (non-hydrogen) atoms. The number of hydrogen-bond donors (Lipinski definition) is 1. The fourth-order valence-electron chi connectivity index (χ4n) is 4.05. The molecule has 5 rings (SSSR count). The maximum absolute atomic E-state index is 12.9. The topological polar surface area (TPSA) is 91.5 Å². The average Bonchev–Trinajstić information content (AvgIpc) is 3.27. The number of amides is 1. The maximum Gasteiger partial charge on any atom is 0.254 e. The highest BCUT2D eigenvalue weighted by Crippen LogP contribution is 2.19. The van der Waals surface area contributed by atoms with Crippen molar-refractivity contribution in [2.45, 2.75) is 13.8 Å². The van der Waals surface area contributed by atoms with Crippen LogP contribution in [0.15, 0.2) is 54.9 Å². The zero-order chi connectivity index (χ0) is 22.8. The van der Waals surface area contributed by atoms with Gasteiger partial charge in [-0.15, -0.1) is 5.10 Å². The van der Waals surface area contributed by atoms with E-state index in [9.17, 15) is 4.79 Å². The molecular weight excluding hydrogens is 416 g/mol. The molecule has 3 aromatic heterocycles. The molecule has 4 heterocycles. The summed E-state index contributed by atoms with van der Waals surface area (Å²) < 4.78 is 1.64. The number of aromatic nitrogens is 5. The van der Waals surface area contributed by atoms with Gasteiger partial charge in [-0.3, -0.25) is 9.78 Å². The molecule has 9 heteroatoms. The van der Waals surface area contributed by atoms with Crippen molar-refractivity contribution >= 4 is 23.2 Å². The minimum absolute atomic E-state index is 0.0640.